The molecule has 0 bridgehead atoms. The fourth-order valence-electron chi connectivity index (χ4n) is 1.64. The number of aromatic nitrogens is 3. The maximum absolute atomic E-state index is 5.60. The molecule has 1 N–H and O–H groups in total. The quantitative estimate of drug-likeness (QED) is 0.739. The van der Waals surface area contributed by atoms with E-state index in [-0.39, 0.29) is 0 Å². The largest absolute Gasteiger partial charge is 0.465 e. The molecule has 0 atom stereocenters. The molecule has 5 heteroatoms. The van der Waals surface area contributed by atoms with Gasteiger partial charge in [0.25, 0.3) is 0 Å². The molecule has 0 aliphatic heterocycles. The van der Waals surface area contributed by atoms with Crippen LogP contribution in [0.15, 0.2) is 28.9 Å². The highest BCUT2D eigenvalue weighted by Gasteiger charge is 1.99. The third kappa shape index (κ3) is 3.71. The Morgan fingerprint density at radius 3 is 2.94 bits per heavy atom. The van der Waals surface area contributed by atoms with E-state index in [1.54, 1.807) is 6.20 Å². The van der Waals surface area contributed by atoms with Crippen LogP contribution in [0.5, 0.6) is 0 Å². The molecule has 0 aromatic carbocycles. The van der Waals surface area contributed by atoms with Crippen LogP contribution in [0.4, 0.5) is 0 Å². The summed E-state index contributed by atoms with van der Waals surface area (Å²) in [5.74, 6) is 2.05. The SMILES string of the molecule is CCc1ccc(CNCCCn2ccnn2)o1. The molecule has 0 saturated carbocycles. The summed E-state index contributed by atoms with van der Waals surface area (Å²) in [5.41, 5.74) is 0. The molecule has 2 aromatic heterocycles. The Morgan fingerprint density at radius 2 is 2.24 bits per heavy atom. The molecule has 0 unspecified atom stereocenters. The first-order chi connectivity index (χ1) is 8.38. The van der Waals surface area contributed by atoms with Gasteiger partial charge in [-0.15, -0.1) is 5.10 Å². The van der Waals surface area contributed by atoms with Gasteiger partial charge >= 0.3 is 0 Å². The van der Waals surface area contributed by atoms with Crippen LogP contribution in [0.1, 0.15) is 24.9 Å². The first-order valence-corrected chi connectivity index (χ1v) is 6.01. The van der Waals surface area contributed by atoms with Gasteiger partial charge in [0.1, 0.15) is 11.5 Å². The van der Waals surface area contributed by atoms with E-state index >= 15 is 0 Å². The van der Waals surface area contributed by atoms with Crippen molar-refractivity contribution in [3.63, 3.8) is 0 Å². The Hall–Kier alpha value is -1.62. The lowest BCUT2D eigenvalue weighted by molar-refractivity contribution is 0.444. The van der Waals surface area contributed by atoms with Crippen molar-refractivity contribution in [1.29, 1.82) is 0 Å². The van der Waals surface area contributed by atoms with E-state index in [1.807, 2.05) is 23.0 Å². The van der Waals surface area contributed by atoms with Crippen molar-refractivity contribution >= 4 is 0 Å². The van der Waals surface area contributed by atoms with Crippen LogP contribution in [0, 0.1) is 0 Å². The Labute approximate surface area is 101 Å². The maximum atomic E-state index is 5.60. The maximum Gasteiger partial charge on any atom is 0.117 e. The fraction of sp³-hybridized carbons (Fsp3) is 0.500. The molecule has 0 fully saturated rings. The zero-order chi connectivity index (χ0) is 11.9. The molecule has 0 aliphatic carbocycles. The Kier molecular flexibility index (Phi) is 4.32. The number of hydrogen-bond donors (Lipinski definition) is 1. The van der Waals surface area contributed by atoms with Gasteiger partial charge in [0.15, 0.2) is 0 Å². The van der Waals surface area contributed by atoms with E-state index in [0.29, 0.717) is 0 Å². The minimum Gasteiger partial charge on any atom is -0.465 e. The van der Waals surface area contributed by atoms with Crippen molar-refractivity contribution in [3.05, 3.63) is 36.0 Å². The van der Waals surface area contributed by atoms with Crippen LogP contribution in [0.2, 0.25) is 0 Å². The lowest BCUT2D eigenvalue weighted by atomic mass is 10.3. The summed E-state index contributed by atoms with van der Waals surface area (Å²) >= 11 is 0. The zero-order valence-corrected chi connectivity index (χ0v) is 10.1. The molecule has 2 rings (SSSR count). The fourth-order valence-corrected chi connectivity index (χ4v) is 1.64. The van der Waals surface area contributed by atoms with Crippen LogP contribution in [-0.2, 0) is 19.5 Å². The van der Waals surface area contributed by atoms with Gasteiger partial charge in [0.05, 0.1) is 12.7 Å². The van der Waals surface area contributed by atoms with E-state index in [0.717, 1.165) is 44.0 Å². The number of furan rings is 1. The Morgan fingerprint density at radius 1 is 1.35 bits per heavy atom. The summed E-state index contributed by atoms with van der Waals surface area (Å²) in [4.78, 5) is 0. The molecule has 5 nitrogen and oxygen atoms in total. The third-order valence-electron chi connectivity index (χ3n) is 2.58. The molecule has 0 radical (unpaired) electrons. The normalized spacial score (nSPS) is 10.9. The van der Waals surface area contributed by atoms with Gasteiger partial charge in [-0.25, -0.2) is 0 Å². The minimum atomic E-state index is 0.789. The standard InChI is InChI=1S/C12H18N4O/c1-2-11-4-5-12(17-11)10-13-6-3-8-16-9-7-14-15-16/h4-5,7,9,13H,2-3,6,8,10H2,1H3. The molecular formula is C12H18N4O. The summed E-state index contributed by atoms with van der Waals surface area (Å²) in [6.07, 6.45) is 5.56. The van der Waals surface area contributed by atoms with Crippen LogP contribution in [-0.4, -0.2) is 21.5 Å². The predicted octanol–water partition coefficient (Wildman–Crippen LogP) is 1.61. The molecule has 0 aliphatic rings. The van der Waals surface area contributed by atoms with E-state index in [4.69, 9.17) is 4.42 Å². The molecular weight excluding hydrogens is 216 g/mol. The zero-order valence-electron chi connectivity index (χ0n) is 10.1. The summed E-state index contributed by atoms with van der Waals surface area (Å²) in [6, 6.07) is 4.07. The average Bonchev–Trinajstić information content (AvgIpc) is 2.99. The molecule has 0 amide bonds. The first kappa shape index (κ1) is 11.9. The molecule has 2 heterocycles. The number of nitrogens with zero attached hydrogens (tertiary/aromatic N) is 3. The van der Waals surface area contributed by atoms with Crippen LogP contribution >= 0.6 is 0 Å². The highest BCUT2D eigenvalue weighted by atomic mass is 16.3. The van der Waals surface area contributed by atoms with E-state index < -0.39 is 0 Å². The van der Waals surface area contributed by atoms with Crippen molar-refractivity contribution in [2.75, 3.05) is 6.54 Å². The molecule has 2 aromatic rings. The van der Waals surface area contributed by atoms with E-state index in [1.165, 1.54) is 0 Å². The van der Waals surface area contributed by atoms with Gasteiger partial charge in [-0.3, -0.25) is 4.68 Å². The van der Waals surface area contributed by atoms with Gasteiger partial charge in [-0.1, -0.05) is 12.1 Å². The third-order valence-corrected chi connectivity index (χ3v) is 2.58. The van der Waals surface area contributed by atoms with Gasteiger partial charge in [-0.05, 0) is 25.1 Å². The van der Waals surface area contributed by atoms with Crippen molar-refractivity contribution in [2.45, 2.75) is 32.9 Å². The average molecular weight is 234 g/mol. The second-order valence-corrected chi connectivity index (χ2v) is 3.92. The van der Waals surface area contributed by atoms with Gasteiger partial charge < -0.3 is 9.73 Å². The molecule has 17 heavy (non-hydrogen) atoms. The number of rotatable bonds is 7. The van der Waals surface area contributed by atoms with Gasteiger partial charge in [-0.2, -0.15) is 0 Å². The molecule has 0 spiro atoms. The Balaban J connectivity index is 1.60. The van der Waals surface area contributed by atoms with Crippen LogP contribution < -0.4 is 5.32 Å². The van der Waals surface area contributed by atoms with Crippen molar-refractivity contribution in [2.24, 2.45) is 0 Å². The van der Waals surface area contributed by atoms with E-state index in [2.05, 4.69) is 22.6 Å². The molecule has 0 saturated heterocycles. The smallest absolute Gasteiger partial charge is 0.117 e. The Bertz CT molecular complexity index is 421. The number of hydrogen-bond acceptors (Lipinski definition) is 4. The molecule has 92 valence electrons. The lowest BCUT2D eigenvalue weighted by Gasteiger charge is -2.02. The van der Waals surface area contributed by atoms with Crippen LogP contribution in [0.3, 0.4) is 0 Å². The lowest BCUT2D eigenvalue weighted by Crippen LogP contribution is -2.16. The van der Waals surface area contributed by atoms with Crippen molar-refractivity contribution in [3.8, 4) is 0 Å². The number of nitrogens with one attached hydrogen (secondary N) is 1. The van der Waals surface area contributed by atoms with Gasteiger partial charge in [0.2, 0.25) is 0 Å². The number of aryl methyl sites for hydroxylation is 2. The summed E-state index contributed by atoms with van der Waals surface area (Å²) < 4.78 is 7.43. The highest BCUT2D eigenvalue weighted by Crippen LogP contribution is 2.07. The second-order valence-electron chi connectivity index (χ2n) is 3.92. The predicted molar refractivity (Wildman–Crippen MR) is 64.4 cm³/mol. The van der Waals surface area contributed by atoms with E-state index in [9.17, 15) is 0 Å². The van der Waals surface area contributed by atoms with Crippen LogP contribution in [0.25, 0.3) is 0 Å². The van der Waals surface area contributed by atoms with Gasteiger partial charge in [0, 0.05) is 19.2 Å². The summed E-state index contributed by atoms with van der Waals surface area (Å²) in [7, 11) is 0. The summed E-state index contributed by atoms with van der Waals surface area (Å²) in [5, 5.41) is 11.0. The second kappa shape index (κ2) is 6.20. The summed E-state index contributed by atoms with van der Waals surface area (Å²) in [6.45, 7) is 4.72. The minimum absolute atomic E-state index is 0.789. The van der Waals surface area contributed by atoms with Crippen molar-refractivity contribution in [1.82, 2.24) is 20.3 Å². The highest BCUT2D eigenvalue weighted by molar-refractivity contribution is 5.06. The monoisotopic (exact) mass is 234 g/mol. The van der Waals surface area contributed by atoms with Crippen molar-refractivity contribution < 1.29 is 4.42 Å². The topological polar surface area (TPSA) is 55.9 Å². The first-order valence-electron chi connectivity index (χ1n) is 6.01.